The summed E-state index contributed by atoms with van der Waals surface area (Å²) in [6, 6.07) is 4.99. The standard InChI is InChI=1S/C33H50Cl2N6O5S.C23H39N5O4S.C16H30N2O3.C13H24N2O2/c1-21(2)15-25-19-41(28(42)27(37-30(43)45-32(3,4)5)16-22-12-13-23(34)17-26(22)35)24(18-39(25)9)11-10-14-40(29-38-36-20-47-29)31(44)46-33(6,7)8;1-8-12-31-21(29)28-15-19(13-17(2)3)26(7)14-18(28)10-9-11-27(20-25-24-16-33-20)22(30)32-23(4,5)6;1-5-9-21-16(20)18-12-15(10-13(2)3)17(4)11-14(18)7-6-8-19;1-9(2)7-12-13(17)14-11(8-15(12)4)6-5-10(3)16/h12-13,17,20-21,24-25,27H,10-11,14-16,18-19H2,1-9H3,(H,37,43);8,16-19H,1,9-15H2,2-7H3;5,13-15,19H,1,6-12H2,2-4H3;9,11-12H,5-8H2,1-4H3,(H,14,17)/t24-,25+,27-;18-,19+;14-,15+;11-,12+/m0000/s1. The maximum atomic E-state index is 14.5. The summed E-state index contributed by atoms with van der Waals surface area (Å²) in [7, 11) is 8.30. The van der Waals surface area contributed by atoms with E-state index in [4.69, 9.17) is 52.0 Å². The van der Waals surface area contributed by atoms with Gasteiger partial charge in [0, 0.05) is 131 Å². The van der Waals surface area contributed by atoms with Crippen LogP contribution in [0.2, 0.25) is 10.0 Å². The lowest BCUT2D eigenvalue weighted by Crippen LogP contribution is -2.62. The number of rotatable bonds is 32. The first-order chi connectivity index (χ1) is 55.2. The summed E-state index contributed by atoms with van der Waals surface area (Å²) in [6.07, 6.45) is 10.4. The Morgan fingerprint density at radius 3 is 1.36 bits per heavy atom. The molecule has 6 heterocycles. The molecular formula is C85H143Cl2N15O14S2. The number of likely N-dealkylation sites (N-methyl/N-ethyl adjacent to an activating group) is 4. The Labute approximate surface area is 722 Å². The number of ketones is 1. The van der Waals surface area contributed by atoms with Crippen molar-refractivity contribution in [3.8, 4) is 0 Å². The fourth-order valence-corrected chi connectivity index (χ4v) is 16.3. The average Bonchev–Trinajstić information content (AvgIpc) is 0.981. The van der Waals surface area contributed by atoms with E-state index in [0.717, 1.165) is 64.6 Å². The van der Waals surface area contributed by atoms with Crippen LogP contribution in [0.3, 0.4) is 0 Å². The molecule has 668 valence electrons. The third-order valence-corrected chi connectivity index (χ3v) is 22.1. The van der Waals surface area contributed by atoms with Gasteiger partial charge in [0.15, 0.2) is 0 Å². The van der Waals surface area contributed by atoms with Crippen LogP contribution in [0.1, 0.15) is 207 Å². The van der Waals surface area contributed by atoms with Gasteiger partial charge in [0.05, 0.1) is 6.04 Å². The second-order valence-electron chi connectivity index (χ2n) is 36.2. The Balaban J connectivity index is 0.000000357. The second-order valence-corrected chi connectivity index (χ2v) is 38.7. The number of alkyl carbamates (subject to hydrolysis) is 1. The molecule has 1 aromatic carbocycles. The third kappa shape index (κ3) is 37.7. The first kappa shape index (κ1) is 104. The Kier molecular flexibility index (Phi) is 44.3. The van der Waals surface area contributed by atoms with Crippen molar-refractivity contribution in [1.82, 2.24) is 65.3 Å². The lowest BCUT2D eigenvalue weighted by atomic mass is 9.95. The van der Waals surface area contributed by atoms with Crippen LogP contribution >= 0.6 is 45.9 Å². The molecule has 118 heavy (non-hydrogen) atoms. The zero-order valence-corrected chi connectivity index (χ0v) is 77.9. The highest BCUT2D eigenvalue weighted by Crippen LogP contribution is 2.31. The third-order valence-electron chi connectivity index (χ3n) is 20.1. The molecule has 29 nitrogen and oxygen atoms in total. The fraction of sp³-hybridized carbons (Fsp3) is 0.741. The number of aromatic nitrogens is 4. The highest BCUT2D eigenvalue weighted by Gasteiger charge is 2.42. The molecule has 4 fully saturated rings. The lowest BCUT2D eigenvalue weighted by molar-refractivity contribution is -0.140. The van der Waals surface area contributed by atoms with Gasteiger partial charge in [0.25, 0.3) is 0 Å². The minimum atomic E-state index is -0.936. The van der Waals surface area contributed by atoms with Crippen LogP contribution in [0, 0.1) is 23.7 Å². The van der Waals surface area contributed by atoms with Gasteiger partial charge in [0.1, 0.15) is 52.9 Å². The van der Waals surface area contributed by atoms with Crippen molar-refractivity contribution in [3.63, 3.8) is 0 Å². The zero-order chi connectivity index (χ0) is 88.5. The minimum absolute atomic E-state index is 0.00867. The van der Waals surface area contributed by atoms with E-state index in [1.807, 2.05) is 63.3 Å². The Hall–Kier alpha value is -6.84. The van der Waals surface area contributed by atoms with Gasteiger partial charge in [0.2, 0.25) is 22.1 Å². The number of halogens is 2. The second kappa shape index (κ2) is 50.5. The normalized spacial score (nSPS) is 20.6. The highest BCUT2D eigenvalue weighted by molar-refractivity contribution is 7.13. The number of nitrogens with zero attached hydrogens (tertiary/aromatic N) is 13. The number of anilines is 2. The number of hydrogen-bond donors (Lipinski definition) is 3. The maximum absolute atomic E-state index is 14.5. The van der Waals surface area contributed by atoms with E-state index < -0.39 is 41.1 Å². The number of nitrogens with one attached hydrogen (secondary N) is 2. The number of piperazine rings is 4. The van der Waals surface area contributed by atoms with E-state index in [-0.39, 0.29) is 98.3 Å². The first-order valence-electron chi connectivity index (χ1n) is 41.8. The van der Waals surface area contributed by atoms with Crippen LogP contribution in [0.4, 0.5) is 34.2 Å². The smallest absolute Gasteiger partial charge is 0.416 e. The predicted molar refractivity (Wildman–Crippen MR) is 470 cm³/mol. The summed E-state index contributed by atoms with van der Waals surface area (Å²) >= 11 is 15.2. The van der Waals surface area contributed by atoms with Crippen molar-refractivity contribution >= 4 is 104 Å². The van der Waals surface area contributed by atoms with Gasteiger partial charge in [-0.05, 0) is 209 Å². The molecule has 4 aliphatic rings. The lowest BCUT2D eigenvalue weighted by Gasteiger charge is -2.47. The van der Waals surface area contributed by atoms with Crippen molar-refractivity contribution in [2.24, 2.45) is 23.7 Å². The van der Waals surface area contributed by atoms with Crippen LogP contribution in [0.15, 0.2) is 54.5 Å². The molecule has 4 aliphatic heterocycles. The number of hydrogen-bond acceptors (Lipinski definition) is 24. The molecule has 0 saturated carbocycles. The Morgan fingerprint density at radius 2 is 1.00 bits per heavy atom. The number of aliphatic hydroxyl groups excluding tert-OH is 1. The molecule has 0 unspecified atom stereocenters. The summed E-state index contributed by atoms with van der Waals surface area (Å²) < 4.78 is 27.4. The summed E-state index contributed by atoms with van der Waals surface area (Å²) in [5.41, 5.74) is 1.81. The molecule has 7 amide bonds. The predicted octanol–water partition coefficient (Wildman–Crippen LogP) is 14.8. The number of ether oxygens (including phenoxy) is 5. The molecule has 0 aliphatic carbocycles. The monoisotopic (exact) mass is 1730 g/mol. The molecule has 0 bridgehead atoms. The number of benzene rings is 1. The highest BCUT2D eigenvalue weighted by atomic mass is 35.5. The fourth-order valence-electron chi connectivity index (χ4n) is 14.6. The van der Waals surface area contributed by atoms with Crippen LogP contribution in [-0.4, -0.2) is 286 Å². The van der Waals surface area contributed by atoms with E-state index in [0.29, 0.717) is 127 Å². The van der Waals surface area contributed by atoms with Gasteiger partial charge in [-0.25, -0.2) is 24.0 Å². The summed E-state index contributed by atoms with van der Waals surface area (Å²) in [6.45, 7) is 48.7. The number of Topliss-reactive ketones (excluding diaryl/α,β-unsaturated/α-hetero) is 1. The van der Waals surface area contributed by atoms with Gasteiger partial charge in [-0.1, -0.05) is 133 Å². The van der Waals surface area contributed by atoms with Gasteiger partial charge in [-0.15, -0.1) is 20.4 Å². The van der Waals surface area contributed by atoms with Crippen molar-refractivity contribution in [3.05, 3.63) is 70.1 Å². The first-order valence-corrected chi connectivity index (χ1v) is 44.3. The van der Waals surface area contributed by atoms with Gasteiger partial charge < -0.3 is 58.9 Å². The van der Waals surface area contributed by atoms with Crippen molar-refractivity contribution in [2.75, 3.05) is 117 Å². The Bertz CT molecular complexity index is 3560. The Morgan fingerprint density at radius 1 is 0.585 bits per heavy atom. The average molecular weight is 1730 g/mol. The molecule has 3 N–H and O–H groups in total. The molecule has 3 aromatic rings. The van der Waals surface area contributed by atoms with E-state index in [2.05, 4.69) is 140 Å². The number of amides is 7. The topological polar surface area (TPSA) is 308 Å². The largest absolute Gasteiger partial charge is 0.445 e. The molecule has 0 spiro atoms. The molecule has 0 radical (unpaired) electrons. The number of aliphatic hydroxyl groups is 1. The maximum Gasteiger partial charge on any atom is 0.416 e. The van der Waals surface area contributed by atoms with Gasteiger partial charge in [-0.2, -0.15) is 0 Å². The summed E-state index contributed by atoms with van der Waals surface area (Å²) in [4.78, 5) is 119. The van der Waals surface area contributed by atoms with Crippen molar-refractivity contribution in [1.29, 1.82) is 0 Å². The van der Waals surface area contributed by atoms with E-state index in [9.17, 15) is 38.4 Å². The molecule has 33 heteroatoms. The number of carbonyl (C=O) groups excluding carboxylic acids is 8. The SMILES string of the molecule is C=CCOC(=O)N1C[C@@H](CC(C)C)N(C)C[C@@H]1CCCN(C(=O)OC(C)(C)C)c1nncs1.C=CCOC(=O)N1C[C@@H](CC(C)C)N(C)C[C@@H]1CCCO.CC(=O)CC[C@H]1CN(C)[C@H](CC(C)C)C(=O)N1.CC(C)C[C@@H]1CN(C(=O)[C@H](Cc2ccc(Cl)cc2Cl)NC(=O)OC(C)(C)C)[C@@H](CCCN(C(=O)OC(C)(C)C)c2nncs2)CN1C. The van der Waals surface area contributed by atoms with Crippen LogP contribution in [0.25, 0.3) is 0 Å². The van der Waals surface area contributed by atoms with Crippen LogP contribution < -0.4 is 20.4 Å². The van der Waals surface area contributed by atoms with Crippen molar-refractivity contribution < 1.29 is 67.1 Å². The summed E-state index contributed by atoms with van der Waals surface area (Å²) in [5.74, 6) is 2.15. The quantitative estimate of drug-likeness (QED) is 0.0386. The molecule has 4 saturated heterocycles. The van der Waals surface area contributed by atoms with Crippen LogP contribution in [-0.2, 0) is 44.5 Å². The molecular weight excluding hydrogens is 1590 g/mol. The van der Waals surface area contributed by atoms with E-state index in [1.54, 1.807) is 69.1 Å². The zero-order valence-electron chi connectivity index (χ0n) is 74.8. The molecule has 9 atom stereocenters. The van der Waals surface area contributed by atoms with E-state index >= 15 is 0 Å². The molecule has 7 rings (SSSR count). The van der Waals surface area contributed by atoms with E-state index in [1.165, 1.54) is 32.5 Å². The minimum Gasteiger partial charge on any atom is -0.445 e. The van der Waals surface area contributed by atoms with Crippen molar-refractivity contribution in [2.45, 2.75) is 279 Å². The molecule has 2 aromatic heterocycles. The summed E-state index contributed by atoms with van der Waals surface area (Å²) in [5, 5.41) is 32.7. The van der Waals surface area contributed by atoms with Gasteiger partial charge in [-0.3, -0.25) is 39.0 Å². The number of carbonyl (C=O) groups is 8. The van der Waals surface area contributed by atoms with Crippen LogP contribution in [0.5, 0.6) is 0 Å². The van der Waals surface area contributed by atoms with Gasteiger partial charge >= 0.3 is 30.5 Å².